The monoisotopic (exact) mass is 307 g/mol. The number of esters is 1. The maximum atomic E-state index is 12.0. The van der Waals surface area contributed by atoms with E-state index in [2.05, 4.69) is 4.99 Å². The van der Waals surface area contributed by atoms with Crippen LogP contribution in [-0.2, 0) is 14.3 Å². The highest BCUT2D eigenvalue weighted by Gasteiger charge is 2.23. The van der Waals surface area contributed by atoms with E-state index >= 15 is 0 Å². The lowest BCUT2D eigenvalue weighted by Crippen LogP contribution is -2.24. The van der Waals surface area contributed by atoms with Crippen LogP contribution >= 0.6 is 0 Å². The average Bonchev–Trinajstić information content (AvgIpc) is 2.90. The van der Waals surface area contributed by atoms with Crippen LogP contribution in [0, 0.1) is 0 Å². The largest absolute Gasteiger partial charge is 0.463 e. The molecule has 0 fully saturated rings. The zero-order chi connectivity index (χ0) is 16.8. The molecule has 120 valence electrons. The first kappa shape index (κ1) is 17.7. The van der Waals surface area contributed by atoms with Crippen LogP contribution in [0.4, 0.5) is 4.79 Å². The van der Waals surface area contributed by atoms with Gasteiger partial charge in [-0.05, 0) is 46.8 Å². The number of hydrogen-bond donors (Lipinski definition) is 0. The van der Waals surface area contributed by atoms with Crippen molar-refractivity contribution in [3.63, 3.8) is 0 Å². The Labute approximate surface area is 129 Å². The third-order valence-electron chi connectivity index (χ3n) is 2.39. The van der Waals surface area contributed by atoms with Gasteiger partial charge in [0.2, 0.25) is 0 Å². The number of amides is 1. The fourth-order valence-electron chi connectivity index (χ4n) is 1.60. The van der Waals surface area contributed by atoms with Crippen LogP contribution in [0.2, 0.25) is 0 Å². The molecule has 0 radical (unpaired) electrons. The smallest absolute Gasteiger partial charge is 0.434 e. The molecule has 0 aromatic carbocycles. The molecule has 6 nitrogen and oxygen atoms in total. The molecule has 1 heterocycles. The molecule has 0 N–H and O–H groups in total. The average molecular weight is 307 g/mol. The van der Waals surface area contributed by atoms with Crippen LogP contribution in [0.3, 0.4) is 0 Å². The molecule has 0 saturated carbocycles. The van der Waals surface area contributed by atoms with Gasteiger partial charge in [-0.15, -0.1) is 0 Å². The first-order chi connectivity index (χ1) is 10.3. The zero-order valence-corrected chi connectivity index (χ0v) is 13.5. The third kappa shape index (κ3) is 5.20. The van der Waals surface area contributed by atoms with Gasteiger partial charge in [0.1, 0.15) is 11.3 Å². The van der Waals surface area contributed by atoms with Crippen molar-refractivity contribution in [2.24, 2.45) is 4.99 Å². The molecule has 0 aliphatic carbocycles. The normalized spacial score (nSPS) is 13.0. The predicted molar refractivity (Wildman–Crippen MR) is 81.9 cm³/mol. The Kier molecular flexibility index (Phi) is 6.10. The Balaban J connectivity index is 3.20. The first-order valence-electron chi connectivity index (χ1n) is 6.97. The van der Waals surface area contributed by atoms with E-state index in [0.29, 0.717) is 0 Å². The summed E-state index contributed by atoms with van der Waals surface area (Å²) in [6.45, 7) is 8.76. The molecule has 22 heavy (non-hydrogen) atoms. The highest BCUT2D eigenvalue weighted by molar-refractivity contribution is 6.27. The molecule has 0 atom stereocenters. The molecule has 0 bridgehead atoms. The lowest BCUT2D eigenvalue weighted by atomic mass is 10.1. The van der Waals surface area contributed by atoms with Gasteiger partial charge in [-0.3, -0.25) is 0 Å². The number of carbonyl (C=O) groups excluding carboxylic acids is 2. The Bertz CT molecular complexity index is 576. The topological polar surface area (TPSA) is 78.1 Å². The van der Waals surface area contributed by atoms with Crippen molar-refractivity contribution in [1.29, 1.82) is 0 Å². The van der Waals surface area contributed by atoms with Gasteiger partial charge < -0.3 is 13.9 Å². The van der Waals surface area contributed by atoms with E-state index in [1.54, 1.807) is 46.8 Å². The fourth-order valence-corrected chi connectivity index (χ4v) is 1.60. The second-order valence-corrected chi connectivity index (χ2v) is 5.34. The minimum atomic E-state index is -0.803. The quantitative estimate of drug-likeness (QED) is 0.483. The number of ether oxygens (including phenoxy) is 2. The van der Waals surface area contributed by atoms with Gasteiger partial charge in [0.15, 0.2) is 5.76 Å². The number of rotatable bonds is 4. The summed E-state index contributed by atoms with van der Waals surface area (Å²) in [4.78, 5) is 27.8. The number of carbonyl (C=O) groups is 2. The Hall–Kier alpha value is -2.37. The van der Waals surface area contributed by atoms with Crippen molar-refractivity contribution >= 4 is 17.8 Å². The summed E-state index contributed by atoms with van der Waals surface area (Å²) in [6, 6.07) is 3.24. The standard InChI is InChI=1S/C16H21NO5/c1-6-11(14(18)20-7-2)13(12-9-8-10-21-12)17-15(19)22-16(3,4)5/h6,8-10H,7H2,1-5H3/b11-6+,17-13+. The second-order valence-electron chi connectivity index (χ2n) is 5.34. The summed E-state index contributed by atoms with van der Waals surface area (Å²) < 4.78 is 15.4. The lowest BCUT2D eigenvalue weighted by Gasteiger charge is -2.17. The molecule has 6 heteroatoms. The molecule has 0 spiro atoms. The number of furan rings is 1. The minimum Gasteiger partial charge on any atom is -0.463 e. The highest BCUT2D eigenvalue weighted by Crippen LogP contribution is 2.15. The van der Waals surface area contributed by atoms with Crippen LogP contribution in [0.25, 0.3) is 0 Å². The van der Waals surface area contributed by atoms with E-state index in [4.69, 9.17) is 13.9 Å². The van der Waals surface area contributed by atoms with Crippen molar-refractivity contribution in [3.05, 3.63) is 35.8 Å². The molecule has 1 aromatic heterocycles. The third-order valence-corrected chi connectivity index (χ3v) is 2.39. The van der Waals surface area contributed by atoms with E-state index in [-0.39, 0.29) is 23.7 Å². The van der Waals surface area contributed by atoms with E-state index in [9.17, 15) is 9.59 Å². The van der Waals surface area contributed by atoms with Crippen molar-refractivity contribution in [2.75, 3.05) is 6.61 Å². The Morgan fingerprint density at radius 2 is 2.05 bits per heavy atom. The van der Waals surface area contributed by atoms with Gasteiger partial charge in [0, 0.05) is 0 Å². The summed E-state index contributed by atoms with van der Waals surface area (Å²) >= 11 is 0. The molecular formula is C16H21NO5. The van der Waals surface area contributed by atoms with Gasteiger partial charge in [-0.25, -0.2) is 9.59 Å². The molecule has 0 aliphatic rings. The molecule has 1 aromatic rings. The molecule has 1 rings (SSSR count). The minimum absolute atomic E-state index is 0.0835. The summed E-state index contributed by atoms with van der Waals surface area (Å²) in [6.07, 6.45) is 2.14. The molecule has 0 aliphatic heterocycles. The maximum Gasteiger partial charge on any atom is 0.434 e. The SMILES string of the molecule is C/C=C(C(=O)OCC)\C(=N/C(=O)OC(C)(C)C)c1ccco1. The molecule has 0 saturated heterocycles. The van der Waals surface area contributed by atoms with Crippen molar-refractivity contribution < 1.29 is 23.5 Å². The number of nitrogens with zero attached hydrogens (tertiary/aromatic N) is 1. The lowest BCUT2D eigenvalue weighted by molar-refractivity contribution is -0.137. The zero-order valence-electron chi connectivity index (χ0n) is 13.5. The van der Waals surface area contributed by atoms with Crippen LogP contribution in [0.15, 0.2) is 39.5 Å². The van der Waals surface area contributed by atoms with E-state index in [1.165, 1.54) is 12.3 Å². The summed E-state index contributed by atoms with van der Waals surface area (Å²) in [5.41, 5.74) is -0.461. The molecule has 0 unspecified atom stereocenters. The van der Waals surface area contributed by atoms with E-state index in [1.807, 2.05) is 0 Å². The first-order valence-corrected chi connectivity index (χ1v) is 6.97. The maximum absolute atomic E-state index is 12.0. The number of allylic oxidation sites excluding steroid dienone is 1. The van der Waals surface area contributed by atoms with Crippen LogP contribution in [-0.4, -0.2) is 30.0 Å². The van der Waals surface area contributed by atoms with Crippen LogP contribution < -0.4 is 0 Å². The van der Waals surface area contributed by atoms with Gasteiger partial charge in [-0.2, -0.15) is 4.99 Å². The van der Waals surface area contributed by atoms with Crippen molar-refractivity contribution in [2.45, 2.75) is 40.2 Å². The summed E-state index contributed by atoms with van der Waals surface area (Å²) in [7, 11) is 0. The Morgan fingerprint density at radius 1 is 1.36 bits per heavy atom. The van der Waals surface area contributed by atoms with Gasteiger partial charge >= 0.3 is 12.1 Å². The van der Waals surface area contributed by atoms with Gasteiger partial charge in [-0.1, -0.05) is 6.08 Å². The second kappa shape index (κ2) is 7.59. The summed E-state index contributed by atoms with van der Waals surface area (Å²) in [5.74, 6) is -0.296. The molecule has 1 amide bonds. The van der Waals surface area contributed by atoms with E-state index in [0.717, 1.165) is 0 Å². The predicted octanol–water partition coefficient (Wildman–Crippen LogP) is 3.51. The Morgan fingerprint density at radius 3 is 2.50 bits per heavy atom. The number of aliphatic imine (C=N–C) groups is 1. The highest BCUT2D eigenvalue weighted by atomic mass is 16.6. The van der Waals surface area contributed by atoms with Crippen molar-refractivity contribution in [3.8, 4) is 0 Å². The number of hydrogen-bond acceptors (Lipinski definition) is 5. The fraction of sp³-hybridized carbons (Fsp3) is 0.438. The van der Waals surface area contributed by atoms with Crippen LogP contribution in [0.1, 0.15) is 40.4 Å². The van der Waals surface area contributed by atoms with Gasteiger partial charge in [0.05, 0.1) is 18.4 Å². The molecular weight excluding hydrogens is 286 g/mol. The van der Waals surface area contributed by atoms with Gasteiger partial charge in [0.25, 0.3) is 0 Å². The summed E-state index contributed by atoms with van der Waals surface area (Å²) in [5, 5.41) is 0. The van der Waals surface area contributed by atoms with Crippen LogP contribution in [0.5, 0.6) is 0 Å². The van der Waals surface area contributed by atoms with E-state index < -0.39 is 17.7 Å². The van der Waals surface area contributed by atoms with Crippen molar-refractivity contribution in [1.82, 2.24) is 0 Å².